The molecule has 0 aromatic heterocycles. The lowest BCUT2D eigenvalue weighted by Gasteiger charge is -2.23. The van der Waals surface area contributed by atoms with Crippen LogP contribution < -0.4 is 20.7 Å². The molecule has 0 aliphatic heterocycles. The molecule has 30 heavy (non-hydrogen) atoms. The van der Waals surface area contributed by atoms with Gasteiger partial charge >= 0.3 is 0 Å². The molecule has 0 atom stereocenters. The Hall–Kier alpha value is -3.35. The van der Waals surface area contributed by atoms with Crippen LogP contribution in [-0.4, -0.2) is 7.11 Å². The quantitative estimate of drug-likeness (QED) is 0.360. The first kappa shape index (κ1) is 18.7. The van der Waals surface area contributed by atoms with Crippen molar-refractivity contribution in [2.24, 2.45) is 0 Å². The molecule has 0 spiro atoms. The molecule has 5 rings (SSSR count). The number of methoxy groups -OCH3 is 1. The fourth-order valence-electron chi connectivity index (χ4n) is 4.17. The van der Waals surface area contributed by atoms with Gasteiger partial charge in [-0.05, 0) is 45.8 Å². The van der Waals surface area contributed by atoms with Crippen LogP contribution in [0, 0.1) is 0 Å². The van der Waals surface area contributed by atoms with Gasteiger partial charge in [-0.2, -0.15) is 0 Å². The van der Waals surface area contributed by atoms with Crippen LogP contribution in [0.2, 0.25) is 0 Å². The molecule has 0 unspecified atom stereocenters. The predicted octanol–water partition coefficient (Wildman–Crippen LogP) is 5.64. The summed E-state index contributed by atoms with van der Waals surface area (Å²) in [6, 6.07) is 36.1. The van der Waals surface area contributed by atoms with Crippen molar-refractivity contribution in [3.63, 3.8) is 0 Å². The Morgan fingerprint density at radius 3 is 1.53 bits per heavy atom. The van der Waals surface area contributed by atoms with Crippen LogP contribution in [0.4, 0.5) is 0 Å². The molecule has 0 saturated heterocycles. The minimum atomic E-state index is -3.15. The number of ether oxygens (including phenoxy) is 1. The van der Waals surface area contributed by atoms with Crippen LogP contribution in [0.25, 0.3) is 21.5 Å². The van der Waals surface area contributed by atoms with Gasteiger partial charge in [-0.25, -0.2) is 0 Å². The van der Waals surface area contributed by atoms with Crippen LogP contribution >= 0.6 is 7.14 Å². The number of hydrogen-bond donors (Lipinski definition) is 0. The second-order valence-electron chi connectivity index (χ2n) is 7.30. The highest BCUT2D eigenvalue weighted by Crippen LogP contribution is 2.46. The van der Waals surface area contributed by atoms with Crippen LogP contribution in [0.1, 0.15) is 0 Å². The summed E-state index contributed by atoms with van der Waals surface area (Å²) in [7, 11) is -1.51. The van der Waals surface area contributed by atoms with Crippen molar-refractivity contribution in [1.29, 1.82) is 0 Å². The lowest BCUT2D eigenvalue weighted by Crippen LogP contribution is -2.26. The van der Waals surface area contributed by atoms with E-state index < -0.39 is 7.14 Å². The molecule has 0 aliphatic rings. The molecule has 0 saturated carbocycles. The van der Waals surface area contributed by atoms with E-state index in [9.17, 15) is 0 Å². The molecular weight excluding hydrogens is 387 g/mol. The third-order valence-electron chi connectivity index (χ3n) is 5.65. The highest BCUT2D eigenvalue weighted by molar-refractivity contribution is 7.86. The van der Waals surface area contributed by atoms with E-state index in [1.807, 2.05) is 72.8 Å². The van der Waals surface area contributed by atoms with Crippen molar-refractivity contribution < 1.29 is 9.30 Å². The van der Waals surface area contributed by atoms with Crippen LogP contribution in [0.15, 0.2) is 109 Å². The molecule has 0 radical (unpaired) electrons. The summed E-state index contributed by atoms with van der Waals surface area (Å²) in [5.41, 5.74) is 0. The second-order valence-corrected chi connectivity index (χ2v) is 10.0. The lowest BCUT2D eigenvalue weighted by atomic mass is 10.1. The highest BCUT2D eigenvalue weighted by atomic mass is 31.2. The van der Waals surface area contributed by atoms with Crippen molar-refractivity contribution in [3.05, 3.63) is 109 Å². The Morgan fingerprint density at radius 2 is 1.03 bits per heavy atom. The summed E-state index contributed by atoms with van der Waals surface area (Å²) in [4.78, 5) is 0. The van der Waals surface area contributed by atoms with E-state index in [0.29, 0.717) is 0 Å². The fraction of sp³-hybridized carbons (Fsp3) is 0.0370. The van der Waals surface area contributed by atoms with Gasteiger partial charge in [-0.15, -0.1) is 0 Å². The maximum atomic E-state index is 15.2. The molecule has 146 valence electrons. The van der Waals surface area contributed by atoms with E-state index >= 15 is 4.57 Å². The summed E-state index contributed by atoms with van der Waals surface area (Å²) in [6.07, 6.45) is 0. The van der Waals surface area contributed by atoms with Gasteiger partial charge in [0.1, 0.15) is 5.75 Å². The molecule has 2 nitrogen and oxygen atoms in total. The van der Waals surface area contributed by atoms with Gasteiger partial charge in [0.05, 0.1) is 7.11 Å². The van der Waals surface area contributed by atoms with Gasteiger partial charge in [-0.1, -0.05) is 84.9 Å². The molecule has 0 N–H and O–H groups in total. The SMILES string of the molecule is COc1ccc(P(=O)(c2cccc3ccccc23)c2cccc3ccccc23)cc1. The Labute approximate surface area is 176 Å². The summed E-state index contributed by atoms with van der Waals surface area (Å²) < 4.78 is 20.5. The van der Waals surface area contributed by atoms with Gasteiger partial charge < -0.3 is 9.30 Å². The predicted molar refractivity (Wildman–Crippen MR) is 127 cm³/mol. The average Bonchev–Trinajstić information content (AvgIpc) is 2.83. The van der Waals surface area contributed by atoms with Crippen LogP contribution in [-0.2, 0) is 4.57 Å². The minimum absolute atomic E-state index is 0.751. The van der Waals surface area contributed by atoms with E-state index in [2.05, 4.69) is 36.4 Å². The maximum Gasteiger partial charge on any atom is 0.172 e. The zero-order valence-electron chi connectivity index (χ0n) is 16.7. The molecule has 0 bridgehead atoms. The summed E-state index contributed by atoms with van der Waals surface area (Å²) in [6.45, 7) is 0. The van der Waals surface area contributed by atoms with Gasteiger partial charge in [-0.3, -0.25) is 0 Å². The summed E-state index contributed by atoms with van der Waals surface area (Å²) in [5, 5.41) is 6.74. The number of fused-ring (bicyclic) bond motifs is 2. The van der Waals surface area contributed by atoms with Crippen molar-refractivity contribution in [2.45, 2.75) is 0 Å². The van der Waals surface area contributed by atoms with E-state index in [1.54, 1.807) is 7.11 Å². The average molecular weight is 408 g/mol. The molecular formula is C27H21O2P. The standard InChI is InChI=1S/C27H21O2P/c1-29-22-16-18-23(19-17-22)30(28,26-14-6-10-20-8-2-4-12-24(20)26)27-15-7-11-21-9-3-5-13-25(21)27/h2-19H,1H3. The third kappa shape index (κ3) is 2.93. The molecule has 5 aromatic carbocycles. The maximum absolute atomic E-state index is 15.2. The van der Waals surface area contributed by atoms with Crippen LogP contribution in [0.5, 0.6) is 5.75 Å². The van der Waals surface area contributed by atoms with Gasteiger partial charge in [0.25, 0.3) is 0 Å². The third-order valence-corrected chi connectivity index (χ3v) is 8.81. The van der Waals surface area contributed by atoms with Gasteiger partial charge in [0.2, 0.25) is 0 Å². The Kier molecular flexibility index (Phi) is 4.65. The molecule has 0 amide bonds. The smallest absolute Gasteiger partial charge is 0.172 e. The number of rotatable bonds is 4. The van der Waals surface area contributed by atoms with Gasteiger partial charge in [0, 0.05) is 15.9 Å². The monoisotopic (exact) mass is 408 g/mol. The van der Waals surface area contributed by atoms with E-state index in [0.717, 1.165) is 43.2 Å². The van der Waals surface area contributed by atoms with Crippen molar-refractivity contribution in [3.8, 4) is 5.75 Å². The first-order chi connectivity index (χ1) is 14.7. The molecule has 3 heteroatoms. The Morgan fingerprint density at radius 1 is 0.567 bits per heavy atom. The molecule has 0 fully saturated rings. The zero-order valence-corrected chi connectivity index (χ0v) is 17.6. The van der Waals surface area contributed by atoms with E-state index in [4.69, 9.17) is 4.74 Å². The van der Waals surface area contributed by atoms with Gasteiger partial charge in [0.15, 0.2) is 7.14 Å². The molecule has 5 aromatic rings. The normalized spacial score (nSPS) is 11.6. The van der Waals surface area contributed by atoms with Crippen LogP contribution in [0.3, 0.4) is 0 Å². The molecule has 0 heterocycles. The van der Waals surface area contributed by atoms with E-state index in [1.165, 1.54) is 0 Å². The number of benzene rings is 5. The minimum Gasteiger partial charge on any atom is -0.497 e. The van der Waals surface area contributed by atoms with Crippen molar-refractivity contribution in [2.75, 3.05) is 7.11 Å². The Bertz CT molecular complexity index is 1310. The molecule has 0 aliphatic carbocycles. The number of hydrogen-bond acceptors (Lipinski definition) is 2. The summed E-state index contributed by atoms with van der Waals surface area (Å²) in [5.74, 6) is 0.751. The lowest BCUT2D eigenvalue weighted by molar-refractivity contribution is 0.415. The first-order valence-corrected chi connectivity index (χ1v) is 11.6. The largest absolute Gasteiger partial charge is 0.497 e. The summed E-state index contributed by atoms with van der Waals surface area (Å²) >= 11 is 0. The fourth-order valence-corrected chi connectivity index (χ4v) is 7.23. The van der Waals surface area contributed by atoms with E-state index in [-0.39, 0.29) is 0 Å². The zero-order chi connectivity index (χ0) is 20.6. The van der Waals surface area contributed by atoms with Crippen molar-refractivity contribution >= 4 is 44.6 Å². The highest BCUT2D eigenvalue weighted by Gasteiger charge is 2.32. The topological polar surface area (TPSA) is 26.3 Å². The second kappa shape index (κ2) is 7.48. The Balaban J connectivity index is 1.90. The first-order valence-electron chi connectivity index (χ1n) is 9.93. The van der Waals surface area contributed by atoms with Crippen molar-refractivity contribution in [1.82, 2.24) is 0 Å².